The second kappa shape index (κ2) is 6.48. The highest BCUT2D eigenvalue weighted by atomic mass is 16.4. The molecule has 1 aliphatic heterocycles. The first-order chi connectivity index (χ1) is 7.59. The van der Waals surface area contributed by atoms with Gasteiger partial charge in [-0.05, 0) is 25.9 Å². The highest BCUT2D eigenvalue weighted by Gasteiger charge is 2.14. The molecular formula is C11H20N2O3. The van der Waals surface area contributed by atoms with Gasteiger partial charge in [0.2, 0.25) is 5.91 Å². The van der Waals surface area contributed by atoms with Gasteiger partial charge < -0.3 is 15.3 Å². The van der Waals surface area contributed by atoms with Crippen LogP contribution in [0.2, 0.25) is 0 Å². The van der Waals surface area contributed by atoms with E-state index in [0.29, 0.717) is 6.42 Å². The Kier molecular flexibility index (Phi) is 5.25. The van der Waals surface area contributed by atoms with E-state index in [-0.39, 0.29) is 12.5 Å². The molecule has 5 heteroatoms. The van der Waals surface area contributed by atoms with E-state index in [1.165, 1.54) is 12.8 Å². The van der Waals surface area contributed by atoms with Crippen LogP contribution < -0.4 is 5.32 Å². The van der Waals surface area contributed by atoms with E-state index in [1.807, 2.05) is 0 Å². The molecular weight excluding hydrogens is 208 g/mol. The number of hydrogen-bond acceptors (Lipinski definition) is 3. The number of carboxylic acids is 1. The van der Waals surface area contributed by atoms with E-state index in [9.17, 15) is 9.59 Å². The first-order valence-electron chi connectivity index (χ1n) is 5.81. The SMILES string of the molecule is CC(CNC(=O)CCN1CCCC1)C(=O)O. The Morgan fingerprint density at radius 3 is 2.56 bits per heavy atom. The number of carbonyl (C=O) groups excluding carboxylic acids is 1. The number of nitrogens with one attached hydrogen (secondary N) is 1. The Labute approximate surface area is 95.8 Å². The van der Waals surface area contributed by atoms with Gasteiger partial charge in [-0.2, -0.15) is 0 Å². The molecule has 0 radical (unpaired) electrons. The van der Waals surface area contributed by atoms with Crippen LogP contribution in [-0.2, 0) is 9.59 Å². The van der Waals surface area contributed by atoms with Gasteiger partial charge in [0.05, 0.1) is 5.92 Å². The third kappa shape index (κ3) is 4.61. The van der Waals surface area contributed by atoms with Gasteiger partial charge in [0, 0.05) is 19.5 Å². The molecule has 92 valence electrons. The molecule has 1 rings (SSSR count). The maximum atomic E-state index is 11.4. The van der Waals surface area contributed by atoms with Crippen LogP contribution in [0.1, 0.15) is 26.2 Å². The molecule has 0 aromatic carbocycles. The number of carboxylic acid groups (broad SMARTS) is 1. The van der Waals surface area contributed by atoms with E-state index in [4.69, 9.17) is 5.11 Å². The van der Waals surface area contributed by atoms with Crippen molar-refractivity contribution in [2.45, 2.75) is 26.2 Å². The third-order valence-corrected chi connectivity index (χ3v) is 2.88. The van der Waals surface area contributed by atoms with Crippen molar-refractivity contribution in [2.24, 2.45) is 5.92 Å². The summed E-state index contributed by atoms with van der Waals surface area (Å²) >= 11 is 0. The highest BCUT2D eigenvalue weighted by Crippen LogP contribution is 2.07. The molecule has 1 amide bonds. The molecule has 0 aromatic rings. The molecule has 5 nitrogen and oxygen atoms in total. The molecule has 0 saturated carbocycles. The van der Waals surface area contributed by atoms with Crippen molar-refractivity contribution in [3.05, 3.63) is 0 Å². The lowest BCUT2D eigenvalue weighted by atomic mass is 10.2. The van der Waals surface area contributed by atoms with Gasteiger partial charge in [-0.3, -0.25) is 9.59 Å². The zero-order valence-corrected chi connectivity index (χ0v) is 9.74. The van der Waals surface area contributed by atoms with Crippen LogP contribution in [0, 0.1) is 5.92 Å². The zero-order valence-electron chi connectivity index (χ0n) is 9.74. The Morgan fingerprint density at radius 1 is 1.38 bits per heavy atom. The van der Waals surface area contributed by atoms with E-state index in [1.54, 1.807) is 6.92 Å². The second-order valence-corrected chi connectivity index (χ2v) is 4.34. The fourth-order valence-corrected chi connectivity index (χ4v) is 1.71. The van der Waals surface area contributed by atoms with Crippen LogP contribution in [-0.4, -0.2) is 48.1 Å². The van der Waals surface area contributed by atoms with Crippen molar-refractivity contribution in [2.75, 3.05) is 26.2 Å². The average molecular weight is 228 g/mol. The van der Waals surface area contributed by atoms with Gasteiger partial charge in [-0.1, -0.05) is 6.92 Å². The average Bonchev–Trinajstić information content (AvgIpc) is 2.75. The molecule has 1 fully saturated rings. The van der Waals surface area contributed by atoms with Crippen LogP contribution in [0.25, 0.3) is 0 Å². The fraction of sp³-hybridized carbons (Fsp3) is 0.818. The van der Waals surface area contributed by atoms with Crippen LogP contribution in [0.5, 0.6) is 0 Å². The van der Waals surface area contributed by atoms with Gasteiger partial charge in [0.25, 0.3) is 0 Å². The van der Waals surface area contributed by atoms with Gasteiger partial charge in [0.15, 0.2) is 0 Å². The Hall–Kier alpha value is -1.10. The quantitative estimate of drug-likeness (QED) is 0.686. The number of aliphatic carboxylic acids is 1. The molecule has 0 spiro atoms. The van der Waals surface area contributed by atoms with Crippen LogP contribution >= 0.6 is 0 Å². The predicted molar refractivity (Wildman–Crippen MR) is 60.1 cm³/mol. The van der Waals surface area contributed by atoms with Crippen molar-refractivity contribution < 1.29 is 14.7 Å². The molecule has 1 atom stereocenters. The maximum Gasteiger partial charge on any atom is 0.308 e. The largest absolute Gasteiger partial charge is 0.481 e. The summed E-state index contributed by atoms with van der Waals surface area (Å²) in [4.78, 5) is 24.2. The molecule has 0 aromatic heterocycles. The second-order valence-electron chi connectivity index (χ2n) is 4.34. The standard InChI is InChI=1S/C11H20N2O3/c1-9(11(15)16)8-12-10(14)4-7-13-5-2-3-6-13/h9H,2-8H2,1H3,(H,12,14)(H,15,16). The predicted octanol–water partition coefficient (Wildman–Crippen LogP) is 0.309. The lowest BCUT2D eigenvalue weighted by Crippen LogP contribution is -2.33. The van der Waals surface area contributed by atoms with Crippen molar-refractivity contribution >= 4 is 11.9 Å². The summed E-state index contributed by atoms with van der Waals surface area (Å²) in [7, 11) is 0. The molecule has 1 unspecified atom stereocenters. The summed E-state index contributed by atoms with van der Waals surface area (Å²) in [6, 6.07) is 0. The first kappa shape index (κ1) is 13.0. The molecule has 1 aliphatic rings. The summed E-state index contributed by atoms with van der Waals surface area (Å²) in [5.74, 6) is -1.45. The summed E-state index contributed by atoms with van der Waals surface area (Å²) in [5.41, 5.74) is 0. The summed E-state index contributed by atoms with van der Waals surface area (Å²) < 4.78 is 0. The van der Waals surface area contributed by atoms with Gasteiger partial charge in [-0.25, -0.2) is 0 Å². The minimum Gasteiger partial charge on any atom is -0.481 e. The number of nitrogens with zero attached hydrogens (tertiary/aromatic N) is 1. The maximum absolute atomic E-state index is 11.4. The van der Waals surface area contributed by atoms with E-state index in [2.05, 4.69) is 10.2 Å². The lowest BCUT2D eigenvalue weighted by molar-refractivity contribution is -0.141. The van der Waals surface area contributed by atoms with Crippen molar-refractivity contribution in [1.82, 2.24) is 10.2 Å². The molecule has 2 N–H and O–H groups in total. The zero-order chi connectivity index (χ0) is 12.0. The van der Waals surface area contributed by atoms with Crippen LogP contribution in [0.15, 0.2) is 0 Å². The lowest BCUT2D eigenvalue weighted by Gasteiger charge is -2.14. The van der Waals surface area contributed by atoms with Crippen molar-refractivity contribution in [3.8, 4) is 0 Å². The molecule has 0 aliphatic carbocycles. The Bertz CT molecular complexity index is 250. The topological polar surface area (TPSA) is 69.6 Å². The molecule has 0 bridgehead atoms. The monoisotopic (exact) mass is 228 g/mol. The number of likely N-dealkylation sites (tertiary alicyclic amines) is 1. The number of hydrogen-bond donors (Lipinski definition) is 2. The van der Waals surface area contributed by atoms with E-state index in [0.717, 1.165) is 19.6 Å². The number of carbonyl (C=O) groups is 2. The summed E-state index contributed by atoms with van der Waals surface area (Å²) in [6.07, 6.45) is 2.90. The summed E-state index contributed by atoms with van der Waals surface area (Å²) in [6.45, 7) is 4.75. The molecule has 1 saturated heterocycles. The summed E-state index contributed by atoms with van der Waals surface area (Å²) in [5, 5.41) is 11.3. The number of rotatable bonds is 6. The van der Waals surface area contributed by atoms with Gasteiger partial charge >= 0.3 is 5.97 Å². The van der Waals surface area contributed by atoms with Crippen molar-refractivity contribution in [1.29, 1.82) is 0 Å². The first-order valence-corrected chi connectivity index (χ1v) is 5.81. The van der Waals surface area contributed by atoms with Gasteiger partial charge in [0.1, 0.15) is 0 Å². The minimum absolute atomic E-state index is 0.0556. The van der Waals surface area contributed by atoms with Crippen LogP contribution in [0.3, 0.4) is 0 Å². The number of amides is 1. The third-order valence-electron chi connectivity index (χ3n) is 2.88. The fourth-order valence-electron chi connectivity index (χ4n) is 1.71. The molecule has 16 heavy (non-hydrogen) atoms. The smallest absolute Gasteiger partial charge is 0.308 e. The van der Waals surface area contributed by atoms with Crippen molar-refractivity contribution in [3.63, 3.8) is 0 Å². The normalized spacial score (nSPS) is 18.3. The van der Waals surface area contributed by atoms with Crippen LogP contribution in [0.4, 0.5) is 0 Å². The Morgan fingerprint density at radius 2 is 2.00 bits per heavy atom. The highest BCUT2D eigenvalue weighted by molar-refractivity contribution is 5.77. The van der Waals surface area contributed by atoms with Gasteiger partial charge in [-0.15, -0.1) is 0 Å². The van der Waals surface area contributed by atoms with E-state index < -0.39 is 11.9 Å². The minimum atomic E-state index is -0.875. The van der Waals surface area contributed by atoms with E-state index >= 15 is 0 Å². The Balaban J connectivity index is 2.08. The molecule has 1 heterocycles.